The van der Waals surface area contributed by atoms with Gasteiger partial charge < -0.3 is 20.5 Å². The second-order valence-corrected chi connectivity index (χ2v) is 9.57. The van der Waals surface area contributed by atoms with Gasteiger partial charge in [0.25, 0.3) is 0 Å². The van der Waals surface area contributed by atoms with Gasteiger partial charge in [-0.2, -0.15) is 0 Å². The number of aliphatic hydroxyl groups excluding tert-OH is 1. The topological polar surface area (TPSA) is 83.5 Å². The summed E-state index contributed by atoms with van der Waals surface area (Å²) >= 11 is 1.74. The minimum absolute atomic E-state index is 0.00924. The van der Waals surface area contributed by atoms with E-state index in [0.29, 0.717) is 13.2 Å². The van der Waals surface area contributed by atoms with Crippen LogP contribution < -0.4 is 10.6 Å². The van der Waals surface area contributed by atoms with Crippen LogP contribution in [0.25, 0.3) is 0 Å². The van der Waals surface area contributed by atoms with E-state index in [1.165, 1.54) is 4.88 Å². The van der Waals surface area contributed by atoms with Crippen LogP contribution in [0.15, 0.2) is 0 Å². The van der Waals surface area contributed by atoms with Crippen molar-refractivity contribution >= 4 is 22.4 Å². The van der Waals surface area contributed by atoms with Crippen molar-refractivity contribution in [1.29, 1.82) is 0 Å². The summed E-state index contributed by atoms with van der Waals surface area (Å²) in [6, 6.07) is 0. The number of carbonyl (C=O) groups excluding carboxylic acids is 1. The number of thiazole rings is 1. The molecule has 0 aromatic carbocycles. The molecule has 7 heteroatoms. The fourth-order valence-electron chi connectivity index (χ4n) is 5.29. The summed E-state index contributed by atoms with van der Waals surface area (Å²) in [7, 11) is 3.52. The third-order valence-electron chi connectivity index (χ3n) is 6.80. The zero-order valence-electron chi connectivity index (χ0n) is 17.0. The van der Waals surface area contributed by atoms with Crippen molar-refractivity contribution in [2.75, 3.05) is 32.6 Å². The summed E-state index contributed by atoms with van der Waals surface area (Å²) < 4.78 is 5.01. The smallest absolute Gasteiger partial charge is 0.223 e. The average molecular weight is 396 g/mol. The molecule has 0 bridgehead atoms. The summed E-state index contributed by atoms with van der Waals surface area (Å²) in [6.07, 6.45) is 2.39. The van der Waals surface area contributed by atoms with Gasteiger partial charge in [-0.3, -0.25) is 4.79 Å². The number of rotatable bonds is 6. The Morgan fingerprint density at radius 3 is 2.93 bits per heavy atom. The van der Waals surface area contributed by atoms with E-state index >= 15 is 0 Å². The van der Waals surface area contributed by atoms with Crippen LogP contribution in [-0.2, 0) is 16.0 Å². The Kier molecular flexibility index (Phi) is 6.13. The van der Waals surface area contributed by atoms with E-state index in [1.807, 2.05) is 14.0 Å². The number of methoxy groups -OCH3 is 1. The molecule has 2 aliphatic carbocycles. The third kappa shape index (κ3) is 3.74. The molecule has 0 unspecified atom stereocenters. The van der Waals surface area contributed by atoms with E-state index in [1.54, 1.807) is 18.4 Å². The van der Waals surface area contributed by atoms with Gasteiger partial charge in [-0.15, -0.1) is 11.3 Å². The first-order chi connectivity index (χ1) is 12.8. The first-order valence-electron chi connectivity index (χ1n) is 9.94. The molecule has 0 spiro atoms. The van der Waals surface area contributed by atoms with Gasteiger partial charge in [0.1, 0.15) is 0 Å². The number of amides is 1. The number of ether oxygens (including phenoxy) is 1. The van der Waals surface area contributed by atoms with Crippen molar-refractivity contribution in [1.82, 2.24) is 10.3 Å². The fourth-order valence-corrected chi connectivity index (χ4v) is 6.50. The lowest BCUT2D eigenvalue weighted by atomic mass is 9.53. The van der Waals surface area contributed by atoms with Crippen LogP contribution in [0.2, 0.25) is 0 Å². The maximum atomic E-state index is 12.5. The number of aliphatic hydroxyl groups is 1. The monoisotopic (exact) mass is 395 g/mol. The lowest BCUT2D eigenvalue weighted by Crippen LogP contribution is -2.53. The highest BCUT2D eigenvalue weighted by Gasteiger charge is 2.53. The first-order valence-corrected chi connectivity index (χ1v) is 10.8. The Morgan fingerprint density at radius 2 is 2.26 bits per heavy atom. The van der Waals surface area contributed by atoms with Crippen LogP contribution >= 0.6 is 11.3 Å². The van der Waals surface area contributed by atoms with Crippen molar-refractivity contribution in [2.24, 2.45) is 23.2 Å². The van der Waals surface area contributed by atoms with Crippen molar-refractivity contribution in [2.45, 2.75) is 52.1 Å². The molecule has 6 nitrogen and oxygen atoms in total. The zero-order chi connectivity index (χ0) is 19.8. The van der Waals surface area contributed by atoms with E-state index in [9.17, 15) is 9.90 Å². The molecule has 1 aromatic rings. The number of aromatic nitrogens is 1. The number of carbonyl (C=O) groups is 1. The number of fused-ring (bicyclic) bond motifs is 2. The lowest BCUT2D eigenvalue weighted by molar-refractivity contribution is -0.135. The minimum atomic E-state index is -0.491. The van der Waals surface area contributed by atoms with Crippen LogP contribution in [0.1, 0.15) is 50.1 Å². The molecule has 0 aliphatic heterocycles. The second-order valence-electron chi connectivity index (χ2n) is 8.49. The summed E-state index contributed by atoms with van der Waals surface area (Å²) in [5.41, 5.74) is 1.19. The SMILES string of the molecule is CNc1nc2c(s1)C[C@@]1(C)CC[C@H]([C@H](C)C(=O)NCCOC)[C@H](O)[C@H]1[C@H]2C. The first kappa shape index (κ1) is 20.6. The van der Waals surface area contributed by atoms with E-state index in [0.717, 1.165) is 30.1 Å². The molecule has 6 atom stereocenters. The summed E-state index contributed by atoms with van der Waals surface area (Å²) in [6.45, 7) is 7.45. The average Bonchev–Trinajstić information content (AvgIpc) is 3.04. The highest BCUT2D eigenvalue weighted by molar-refractivity contribution is 7.15. The van der Waals surface area contributed by atoms with Gasteiger partial charge in [-0.05, 0) is 36.5 Å². The molecule has 1 heterocycles. The Labute approximate surface area is 166 Å². The van der Waals surface area contributed by atoms with Gasteiger partial charge in [0.15, 0.2) is 5.13 Å². The molecule has 2 aliphatic rings. The van der Waals surface area contributed by atoms with E-state index in [-0.39, 0.29) is 35.0 Å². The summed E-state index contributed by atoms with van der Waals surface area (Å²) in [5, 5.41) is 18.4. The second kappa shape index (κ2) is 8.05. The van der Waals surface area contributed by atoms with Gasteiger partial charge in [0.05, 0.1) is 18.4 Å². The molecule has 0 radical (unpaired) electrons. The van der Waals surface area contributed by atoms with Crippen LogP contribution in [0.3, 0.4) is 0 Å². The fraction of sp³-hybridized carbons (Fsp3) is 0.800. The number of nitrogens with one attached hydrogen (secondary N) is 2. The Bertz CT molecular complexity index is 679. The molecule has 152 valence electrons. The number of hydrogen-bond donors (Lipinski definition) is 3. The predicted molar refractivity (Wildman–Crippen MR) is 108 cm³/mol. The van der Waals surface area contributed by atoms with Crippen LogP contribution in [0.5, 0.6) is 0 Å². The molecule has 1 aromatic heterocycles. The molecule has 1 saturated carbocycles. The van der Waals surface area contributed by atoms with Gasteiger partial charge in [-0.25, -0.2) is 4.98 Å². The number of nitrogens with zero attached hydrogens (tertiary/aromatic N) is 1. The summed E-state index contributed by atoms with van der Waals surface area (Å²) in [5.74, 6) is 0.105. The Balaban J connectivity index is 1.79. The highest BCUT2D eigenvalue weighted by Crippen LogP contribution is 2.57. The molecular formula is C20H33N3O3S. The number of anilines is 1. The largest absolute Gasteiger partial charge is 0.392 e. The van der Waals surface area contributed by atoms with Gasteiger partial charge >= 0.3 is 0 Å². The van der Waals surface area contributed by atoms with Crippen molar-refractivity contribution in [3.63, 3.8) is 0 Å². The minimum Gasteiger partial charge on any atom is -0.392 e. The zero-order valence-corrected chi connectivity index (χ0v) is 17.9. The van der Waals surface area contributed by atoms with Crippen molar-refractivity contribution in [3.05, 3.63) is 10.6 Å². The Morgan fingerprint density at radius 1 is 1.52 bits per heavy atom. The van der Waals surface area contributed by atoms with Crippen LogP contribution in [0, 0.1) is 23.2 Å². The van der Waals surface area contributed by atoms with E-state index < -0.39 is 6.10 Å². The van der Waals surface area contributed by atoms with Gasteiger partial charge in [0, 0.05) is 37.4 Å². The molecule has 1 fully saturated rings. The van der Waals surface area contributed by atoms with E-state index in [2.05, 4.69) is 24.5 Å². The molecule has 3 N–H and O–H groups in total. The maximum absolute atomic E-state index is 12.5. The molecule has 0 saturated heterocycles. The maximum Gasteiger partial charge on any atom is 0.223 e. The molecule has 1 amide bonds. The van der Waals surface area contributed by atoms with Gasteiger partial charge in [-0.1, -0.05) is 20.8 Å². The molecule has 27 heavy (non-hydrogen) atoms. The predicted octanol–water partition coefficient (Wildman–Crippen LogP) is 2.64. The van der Waals surface area contributed by atoms with Crippen molar-refractivity contribution < 1.29 is 14.6 Å². The normalized spacial score (nSPS) is 33.7. The number of hydrogen-bond acceptors (Lipinski definition) is 6. The summed E-state index contributed by atoms with van der Waals surface area (Å²) in [4.78, 5) is 18.6. The highest BCUT2D eigenvalue weighted by atomic mass is 32.1. The Hall–Kier alpha value is -1.18. The van der Waals surface area contributed by atoms with E-state index in [4.69, 9.17) is 9.72 Å². The molecular weight excluding hydrogens is 362 g/mol. The van der Waals surface area contributed by atoms with Crippen LogP contribution in [-0.4, -0.2) is 49.4 Å². The van der Waals surface area contributed by atoms with Gasteiger partial charge in [0.2, 0.25) is 5.91 Å². The standard InChI is InChI=1S/C20H33N3O3S/c1-11(18(25)22-8-9-26-5)13-6-7-20(3)10-14-16(23-19(21-4)27-14)12(2)15(20)17(13)24/h11-13,15,17,24H,6-10H2,1-5H3,(H,21,23)(H,22,25)/t11-,12+,13+,15+,17-,20+/m0/s1. The quantitative estimate of drug-likeness (QED) is 0.645. The third-order valence-corrected chi connectivity index (χ3v) is 7.89. The van der Waals surface area contributed by atoms with Crippen molar-refractivity contribution in [3.8, 4) is 0 Å². The lowest BCUT2D eigenvalue weighted by Gasteiger charge is -2.53. The van der Waals surface area contributed by atoms with Crippen LogP contribution in [0.4, 0.5) is 5.13 Å². The molecule has 3 rings (SSSR count).